The van der Waals surface area contributed by atoms with Gasteiger partial charge in [0.25, 0.3) is 0 Å². The first-order chi connectivity index (χ1) is 14.6. The van der Waals surface area contributed by atoms with Crippen LogP contribution in [0.5, 0.6) is 11.5 Å². The third-order valence-electron chi connectivity index (χ3n) is 5.86. The summed E-state index contributed by atoms with van der Waals surface area (Å²) in [6.45, 7) is 9.24. The summed E-state index contributed by atoms with van der Waals surface area (Å²) in [6.07, 6.45) is 23.3. The normalized spacial score (nSPS) is 11.6. The van der Waals surface area contributed by atoms with Crippen molar-refractivity contribution in [1.82, 2.24) is 0 Å². The maximum Gasteiger partial charge on any atom is 0.122 e. The molecule has 0 unspecified atom stereocenters. The molecule has 1 aromatic rings. The van der Waals surface area contributed by atoms with Crippen molar-refractivity contribution < 1.29 is 9.84 Å². The van der Waals surface area contributed by atoms with Crippen molar-refractivity contribution in [1.29, 1.82) is 0 Å². The average molecular weight is 417 g/mol. The Hall–Kier alpha value is -1.44. The van der Waals surface area contributed by atoms with Crippen molar-refractivity contribution >= 4 is 0 Å². The van der Waals surface area contributed by atoms with Crippen LogP contribution >= 0.6 is 0 Å². The lowest BCUT2D eigenvalue weighted by molar-refractivity contribution is 0.301. The number of aryl methyl sites for hydroxylation is 1. The molecular formula is C28H48O2. The average Bonchev–Trinajstić information content (AvgIpc) is 2.71. The number of phenols is 1. The Labute approximate surface area is 187 Å². The van der Waals surface area contributed by atoms with Gasteiger partial charge in [-0.3, -0.25) is 0 Å². The van der Waals surface area contributed by atoms with E-state index in [1.807, 2.05) is 19.1 Å². The van der Waals surface area contributed by atoms with Crippen molar-refractivity contribution in [2.24, 2.45) is 0 Å². The van der Waals surface area contributed by atoms with Gasteiger partial charge in [0.05, 0.1) is 6.61 Å². The second-order valence-electron chi connectivity index (χ2n) is 9.12. The number of hydrogen-bond donors (Lipinski definition) is 1. The molecule has 0 saturated heterocycles. The Morgan fingerprint density at radius 3 is 1.90 bits per heavy atom. The van der Waals surface area contributed by atoms with E-state index >= 15 is 0 Å². The van der Waals surface area contributed by atoms with Gasteiger partial charge in [-0.05, 0) is 62.6 Å². The minimum atomic E-state index is 0.304. The van der Waals surface area contributed by atoms with E-state index in [0.29, 0.717) is 11.7 Å². The largest absolute Gasteiger partial charge is 0.508 e. The zero-order valence-electron chi connectivity index (χ0n) is 20.3. The van der Waals surface area contributed by atoms with Crippen molar-refractivity contribution in [2.75, 3.05) is 6.61 Å². The van der Waals surface area contributed by atoms with E-state index in [9.17, 15) is 5.11 Å². The third kappa shape index (κ3) is 12.3. The molecule has 0 bridgehead atoms. The topological polar surface area (TPSA) is 29.5 Å². The van der Waals surface area contributed by atoms with Crippen LogP contribution in [-0.4, -0.2) is 11.7 Å². The van der Waals surface area contributed by atoms with Crippen LogP contribution in [0.1, 0.15) is 128 Å². The fourth-order valence-electron chi connectivity index (χ4n) is 3.84. The molecule has 0 amide bonds. The van der Waals surface area contributed by atoms with E-state index in [2.05, 4.69) is 32.9 Å². The molecule has 30 heavy (non-hydrogen) atoms. The summed E-state index contributed by atoms with van der Waals surface area (Å²) in [4.78, 5) is 0. The Kier molecular flexibility index (Phi) is 15.3. The Bertz CT molecular complexity index is 574. The maximum absolute atomic E-state index is 10.0. The highest BCUT2D eigenvalue weighted by molar-refractivity contribution is 5.46. The summed E-state index contributed by atoms with van der Waals surface area (Å²) in [7, 11) is 0. The van der Waals surface area contributed by atoms with E-state index in [0.717, 1.165) is 29.9 Å². The van der Waals surface area contributed by atoms with Crippen LogP contribution in [-0.2, 0) is 0 Å². The van der Waals surface area contributed by atoms with Gasteiger partial charge >= 0.3 is 0 Å². The van der Waals surface area contributed by atoms with Crippen molar-refractivity contribution in [2.45, 2.75) is 124 Å². The highest BCUT2D eigenvalue weighted by Crippen LogP contribution is 2.32. The van der Waals surface area contributed by atoms with Crippen molar-refractivity contribution in [3.05, 3.63) is 35.4 Å². The molecule has 0 spiro atoms. The zero-order valence-corrected chi connectivity index (χ0v) is 20.3. The zero-order chi connectivity index (χ0) is 22.0. The van der Waals surface area contributed by atoms with E-state index in [4.69, 9.17) is 4.74 Å². The van der Waals surface area contributed by atoms with Gasteiger partial charge in [0.1, 0.15) is 11.5 Å². The quantitative estimate of drug-likeness (QED) is 0.191. The lowest BCUT2D eigenvalue weighted by Gasteiger charge is -2.14. The lowest BCUT2D eigenvalue weighted by atomic mass is 10.00. The molecule has 1 aromatic carbocycles. The predicted molar refractivity (Wildman–Crippen MR) is 132 cm³/mol. The number of ether oxygens (including phenoxy) is 1. The van der Waals surface area contributed by atoms with Crippen LogP contribution in [0.15, 0.2) is 24.3 Å². The molecule has 0 saturated carbocycles. The first kappa shape index (κ1) is 26.6. The number of phenolic OH excluding ortho intramolecular Hbond substituents is 1. The molecule has 1 N–H and O–H groups in total. The number of rotatable bonds is 18. The minimum Gasteiger partial charge on any atom is -0.508 e. The number of unbranched alkanes of at least 4 members (excludes halogenated alkanes) is 12. The highest BCUT2D eigenvalue weighted by Gasteiger charge is 2.10. The summed E-state index contributed by atoms with van der Waals surface area (Å²) in [6, 6.07) is 3.84. The molecule has 0 heterocycles. The van der Waals surface area contributed by atoms with Gasteiger partial charge in [0.15, 0.2) is 0 Å². The van der Waals surface area contributed by atoms with Crippen LogP contribution in [0.2, 0.25) is 0 Å². The molecule has 2 heteroatoms. The van der Waals surface area contributed by atoms with Crippen LogP contribution in [0.3, 0.4) is 0 Å². The first-order valence-corrected chi connectivity index (χ1v) is 12.7. The van der Waals surface area contributed by atoms with E-state index < -0.39 is 0 Å². The van der Waals surface area contributed by atoms with Gasteiger partial charge in [-0.15, -0.1) is 0 Å². The fourth-order valence-corrected chi connectivity index (χ4v) is 3.84. The predicted octanol–water partition coefficient (Wildman–Crippen LogP) is 9.24. The molecule has 0 radical (unpaired) electrons. The smallest absolute Gasteiger partial charge is 0.122 e. The SMILES string of the molecule is CCCCCCCC/C=C\CCCCCCCCOc1cc(C(C)C)c(O)cc1C. The Balaban J connectivity index is 1.97. The van der Waals surface area contributed by atoms with Gasteiger partial charge in [-0.2, -0.15) is 0 Å². The lowest BCUT2D eigenvalue weighted by Crippen LogP contribution is -2.00. The third-order valence-corrected chi connectivity index (χ3v) is 5.86. The molecule has 2 nitrogen and oxygen atoms in total. The molecular weight excluding hydrogens is 368 g/mol. The summed E-state index contributed by atoms with van der Waals surface area (Å²) in [5.74, 6) is 1.61. The number of hydrogen-bond acceptors (Lipinski definition) is 2. The van der Waals surface area contributed by atoms with Gasteiger partial charge in [-0.1, -0.05) is 90.7 Å². The molecule has 0 aliphatic heterocycles. The molecule has 172 valence electrons. The van der Waals surface area contributed by atoms with Crippen molar-refractivity contribution in [3.8, 4) is 11.5 Å². The molecule has 1 rings (SSSR count). The monoisotopic (exact) mass is 416 g/mol. The summed E-state index contributed by atoms with van der Waals surface area (Å²) in [5, 5.41) is 10.0. The fraction of sp³-hybridized carbons (Fsp3) is 0.714. The van der Waals surface area contributed by atoms with Crippen LogP contribution < -0.4 is 4.74 Å². The summed E-state index contributed by atoms with van der Waals surface area (Å²) in [5.41, 5.74) is 1.98. The number of aromatic hydroxyl groups is 1. The summed E-state index contributed by atoms with van der Waals surface area (Å²) < 4.78 is 5.98. The first-order valence-electron chi connectivity index (χ1n) is 12.7. The molecule has 0 aliphatic rings. The Morgan fingerprint density at radius 2 is 1.33 bits per heavy atom. The maximum atomic E-state index is 10.0. The van der Waals surface area contributed by atoms with E-state index in [1.165, 1.54) is 83.5 Å². The minimum absolute atomic E-state index is 0.304. The standard InChI is InChI=1S/C28H48O2/c1-5-6-7-8-9-10-11-12-13-14-15-16-17-18-19-20-21-30-28-23-26(24(2)3)27(29)22-25(28)4/h12-13,22-24,29H,5-11,14-21H2,1-4H3/b13-12-. The Morgan fingerprint density at radius 1 is 0.800 bits per heavy atom. The second-order valence-corrected chi connectivity index (χ2v) is 9.12. The van der Waals surface area contributed by atoms with Gasteiger partial charge in [0, 0.05) is 5.56 Å². The van der Waals surface area contributed by atoms with Crippen molar-refractivity contribution in [3.63, 3.8) is 0 Å². The van der Waals surface area contributed by atoms with Crippen LogP contribution in [0.4, 0.5) is 0 Å². The number of benzene rings is 1. The van der Waals surface area contributed by atoms with Gasteiger partial charge < -0.3 is 9.84 Å². The number of allylic oxidation sites excluding steroid dienone is 2. The highest BCUT2D eigenvalue weighted by atomic mass is 16.5. The van der Waals surface area contributed by atoms with Gasteiger partial charge in [0.2, 0.25) is 0 Å². The van der Waals surface area contributed by atoms with E-state index in [-0.39, 0.29) is 0 Å². The second kappa shape index (κ2) is 17.3. The van der Waals surface area contributed by atoms with Crippen LogP contribution in [0.25, 0.3) is 0 Å². The van der Waals surface area contributed by atoms with E-state index in [1.54, 1.807) is 0 Å². The molecule has 0 aliphatic carbocycles. The summed E-state index contributed by atoms with van der Waals surface area (Å²) >= 11 is 0. The molecule has 0 aromatic heterocycles. The van der Waals surface area contributed by atoms with Crippen LogP contribution in [0, 0.1) is 6.92 Å². The molecule has 0 fully saturated rings. The molecule has 0 atom stereocenters. The van der Waals surface area contributed by atoms with Gasteiger partial charge in [-0.25, -0.2) is 0 Å².